The number of pyridine rings is 1. The normalized spacial score (nSPS) is 10.5. The highest BCUT2D eigenvalue weighted by Gasteiger charge is 2.18. The largest absolute Gasteiger partial charge is 0.291 e. The van der Waals surface area contributed by atoms with Crippen molar-refractivity contribution in [3.05, 3.63) is 44.6 Å². The summed E-state index contributed by atoms with van der Waals surface area (Å²) in [5.74, 6) is 0. The third kappa shape index (κ3) is 1.62. The zero-order valence-corrected chi connectivity index (χ0v) is 8.79. The molecule has 1 aromatic heterocycles. The molecule has 15 heavy (non-hydrogen) atoms. The molecular weight excluding hydrogens is 239 g/mol. The molecule has 0 bridgehead atoms. The van der Waals surface area contributed by atoms with Crippen LogP contribution in [0.5, 0.6) is 0 Å². The highest BCUT2D eigenvalue weighted by molar-refractivity contribution is 6.41. The Morgan fingerprint density at radius 1 is 1.40 bits per heavy atom. The number of hydrogen-bond acceptors (Lipinski definition) is 3. The molecule has 2 rings (SSSR count). The number of rotatable bonds is 1. The fraction of sp³-hybridized carbons (Fsp3) is 0. The van der Waals surface area contributed by atoms with Crippen LogP contribution in [0.15, 0.2) is 24.4 Å². The van der Waals surface area contributed by atoms with Gasteiger partial charge < -0.3 is 0 Å². The summed E-state index contributed by atoms with van der Waals surface area (Å²) in [5, 5.41) is 11.5. The standard InChI is InChI=1S/C9H4Cl2N2O2/c10-6-4-7(13(14)15)8(11)9-5(6)2-1-3-12-9/h1-4H. The fourth-order valence-corrected chi connectivity index (χ4v) is 1.82. The van der Waals surface area contributed by atoms with Gasteiger partial charge in [0.25, 0.3) is 5.69 Å². The SMILES string of the molecule is O=[N+]([O-])c1cc(Cl)c2cccnc2c1Cl. The fourth-order valence-electron chi connectivity index (χ4n) is 1.29. The van der Waals surface area contributed by atoms with Gasteiger partial charge in [-0.3, -0.25) is 15.1 Å². The van der Waals surface area contributed by atoms with Crippen LogP contribution < -0.4 is 0 Å². The molecule has 4 nitrogen and oxygen atoms in total. The first-order valence-electron chi connectivity index (χ1n) is 3.98. The summed E-state index contributed by atoms with van der Waals surface area (Å²) in [5.41, 5.74) is 0.117. The molecule has 0 amide bonds. The zero-order chi connectivity index (χ0) is 11.0. The molecule has 0 aliphatic rings. The molecule has 0 fully saturated rings. The Morgan fingerprint density at radius 2 is 2.13 bits per heavy atom. The van der Waals surface area contributed by atoms with Crippen molar-refractivity contribution < 1.29 is 4.92 Å². The van der Waals surface area contributed by atoms with E-state index in [0.29, 0.717) is 10.9 Å². The minimum atomic E-state index is -0.581. The van der Waals surface area contributed by atoms with Gasteiger partial charge in [0, 0.05) is 17.6 Å². The van der Waals surface area contributed by atoms with Gasteiger partial charge in [-0.05, 0) is 12.1 Å². The van der Waals surface area contributed by atoms with Crippen molar-refractivity contribution in [2.45, 2.75) is 0 Å². The Hall–Kier alpha value is -1.39. The lowest BCUT2D eigenvalue weighted by Gasteiger charge is -2.02. The Morgan fingerprint density at radius 3 is 2.80 bits per heavy atom. The van der Waals surface area contributed by atoms with E-state index in [1.165, 1.54) is 12.3 Å². The van der Waals surface area contributed by atoms with Gasteiger partial charge in [0.05, 0.1) is 15.5 Å². The molecule has 0 saturated heterocycles. The zero-order valence-electron chi connectivity index (χ0n) is 7.28. The first-order chi connectivity index (χ1) is 7.11. The van der Waals surface area contributed by atoms with E-state index in [1.54, 1.807) is 12.1 Å². The third-order valence-electron chi connectivity index (χ3n) is 1.96. The highest BCUT2D eigenvalue weighted by Crippen LogP contribution is 2.35. The molecule has 1 heterocycles. The van der Waals surface area contributed by atoms with Gasteiger partial charge in [-0.1, -0.05) is 23.2 Å². The third-order valence-corrected chi connectivity index (χ3v) is 2.64. The predicted molar refractivity (Wildman–Crippen MR) is 58.4 cm³/mol. The molecule has 0 unspecified atom stereocenters. The summed E-state index contributed by atoms with van der Waals surface area (Å²) in [6.07, 6.45) is 1.51. The van der Waals surface area contributed by atoms with Crippen LogP contribution in [0.25, 0.3) is 10.9 Å². The van der Waals surface area contributed by atoms with Crippen molar-refractivity contribution in [1.29, 1.82) is 0 Å². The van der Waals surface area contributed by atoms with Gasteiger partial charge in [0.15, 0.2) is 0 Å². The Balaban J connectivity index is 2.90. The lowest BCUT2D eigenvalue weighted by molar-refractivity contribution is -0.384. The maximum absolute atomic E-state index is 10.7. The summed E-state index contributed by atoms with van der Waals surface area (Å²) in [6.45, 7) is 0. The molecule has 1 aromatic carbocycles. The molecule has 0 saturated carbocycles. The number of halogens is 2. The first kappa shape index (κ1) is 10.1. The average molecular weight is 243 g/mol. The molecule has 0 N–H and O–H groups in total. The number of benzene rings is 1. The lowest BCUT2D eigenvalue weighted by atomic mass is 10.2. The van der Waals surface area contributed by atoms with Crippen LogP contribution in [-0.2, 0) is 0 Å². The summed E-state index contributed by atoms with van der Waals surface area (Å²) in [7, 11) is 0. The smallest absolute Gasteiger partial charge is 0.258 e. The van der Waals surface area contributed by atoms with E-state index in [2.05, 4.69) is 4.98 Å². The molecule has 76 valence electrons. The van der Waals surface area contributed by atoms with Crippen LogP contribution in [0.1, 0.15) is 0 Å². The number of nitrogens with zero attached hydrogens (tertiary/aromatic N) is 2. The molecule has 0 radical (unpaired) electrons. The van der Waals surface area contributed by atoms with Crippen LogP contribution in [0.2, 0.25) is 10.0 Å². The van der Waals surface area contributed by atoms with Crippen LogP contribution >= 0.6 is 23.2 Å². The van der Waals surface area contributed by atoms with E-state index in [0.717, 1.165) is 0 Å². The molecular formula is C9H4Cl2N2O2. The van der Waals surface area contributed by atoms with Crippen LogP contribution in [0, 0.1) is 10.1 Å². The van der Waals surface area contributed by atoms with E-state index in [9.17, 15) is 10.1 Å². The minimum Gasteiger partial charge on any atom is -0.258 e. The molecule has 0 spiro atoms. The number of nitro groups is 1. The minimum absolute atomic E-state index is 0.0139. The number of hydrogen-bond donors (Lipinski definition) is 0. The molecule has 0 aliphatic heterocycles. The van der Waals surface area contributed by atoms with Gasteiger partial charge in [0.1, 0.15) is 5.02 Å². The molecule has 0 aliphatic carbocycles. The van der Waals surface area contributed by atoms with Gasteiger partial charge in [0.2, 0.25) is 0 Å². The number of aromatic nitrogens is 1. The monoisotopic (exact) mass is 242 g/mol. The summed E-state index contributed by atoms with van der Waals surface area (Å²) >= 11 is 11.7. The van der Waals surface area contributed by atoms with Crippen molar-refractivity contribution in [2.75, 3.05) is 0 Å². The van der Waals surface area contributed by atoms with Crippen molar-refractivity contribution in [3.8, 4) is 0 Å². The van der Waals surface area contributed by atoms with Crippen LogP contribution in [0.4, 0.5) is 5.69 Å². The van der Waals surface area contributed by atoms with Gasteiger partial charge in [-0.15, -0.1) is 0 Å². The van der Waals surface area contributed by atoms with E-state index in [4.69, 9.17) is 23.2 Å². The molecule has 0 atom stereocenters. The average Bonchev–Trinajstić information content (AvgIpc) is 2.23. The van der Waals surface area contributed by atoms with Crippen molar-refractivity contribution >= 4 is 39.8 Å². The van der Waals surface area contributed by atoms with Crippen molar-refractivity contribution in [2.24, 2.45) is 0 Å². The van der Waals surface area contributed by atoms with E-state index < -0.39 is 4.92 Å². The van der Waals surface area contributed by atoms with Crippen LogP contribution in [0.3, 0.4) is 0 Å². The van der Waals surface area contributed by atoms with Crippen molar-refractivity contribution in [1.82, 2.24) is 4.98 Å². The lowest BCUT2D eigenvalue weighted by Crippen LogP contribution is -1.91. The number of fused-ring (bicyclic) bond motifs is 1. The van der Waals surface area contributed by atoms with Gasteiger partial charge in [-0.25, -0.2) is 0 Å². The maximum atomic E-state index is 10.7. The summed E-state index contributed by atoms with van der Waals surface area (Å²) in [4.78, 5) is 14.0. The summed E-state index contributed by atoms with van der Waals surface area (Å²) in [6, 6.07) is 4.63. The Kier molecular flexibility index (Phi) is 2.46. The highest BCUT2D eigenvalue weighted by atomic mass is 35.5. The topological polar surface area (TPSA) is 56.0 Å². The van der Waals surface area contributed by atoms with Gasteiger partial charge >= 0.3 is 0 Å². The maximum Gasteiger partial charge on any atom is 0.291 e. The van der Waals surface area contributed by atoms with E-state index >= 15 is 0 Å². The summed E-state index contributed by atoms with van der Waals surface area (Å²) < 4.78 is 0. The second kappa shape index (κ2) is 3.64. The van der Waals surface area contributed by atoms with E-state index in [-0.39, 0.29) is 15.7 Å². The predicted octanol–water partition coefficient (Wildman–Crippen LogP) is 3.45. The van der Waals surface area contributed by atoms with Crippen molar-refractivity contribution in [3.63, 3.8) is 0 Å². The van der Waals surface area contributed by atoms with Crippen LogP contribution in [-0.4, -0.2) is 9.91 Å². The van der Waals surface area contributed by atoms with Gasteiger partial charge in [-0.2, -0.15) is 0 Å². The number of nitro benzene ring substituents is 1. The quantitative estimate of drug-likeness (QED) is 0.569. The molecule has 2 aromatic rings. The van der Waals surface area contributed by atoms with E-state index in [1.807, 2.05) is 0 Å². The molecule has 6 heteroatoms. The second-order valence-electron chi connectivity index (χ2n) is 2.85. The first-order valence-corrected chi connectivity index (χ1v) is 4.74. The Bertz CT molecular complexity index is 557. The second-order valence-corrected chi connectivity index (χ2v) is 3.63. The Labute approximate surface area is 94.6 Å².